The molecule has 7 nitrogen and oxygen atoms in total. The molecule has 8 heteroatoms. The molecule has 1 aliphatic rings. The van der Waals surface area contributed by atoms with Crippen molar-refractivity contribution in [3.63, 3.8) is 0 Å². The minimum Gasteiger partial charge on any atom is -0.494 e. The number of hydrogen-bond acceptors (Lipinski definition) is 5. The van der Waals surface area contributed by atoms with Crippen LogP contribution in [-0.2, 0) is 20.6 Å². The zero-order valence-corrected chi connectivity index (χ0v) is 19.4. The minimum absolute atomic E-state index is 0.110. The van der Waals surface area contributed by atoms with E-state index in [1.54, 1.807) is 23.4 Å². The van der Waals surface area contributed by atoms with Crippen molar-refractivity contribution in [2.75, 3.05) is 12.4 Å². The lowest BCUT2D eigenvalue weighted by molar-refractivity contribution is 0.340. The molecule has 4 aromatic rings. The Labute approximate surface area is 189 Å². The van der Waals surface area contributed by atoms with E-state index in [0.29, 0.717) is 17.5 Å². The van der Waals surface area contributed by atoms with Crippen molar-refractivity contribution in [1.29, 1.82) is 0 Å². The van der Waals surface area contributed by atoms with Crippen molar-refractivity contribution in [3.05, 3.63) is 74.5 Å². The number of thioether (sulfide) groups is 1. The Balaban J connectivity index is 1.91. The lowest BCUT2D eigenvalue weighted by Crippen LogP contribution is -2.37. The Hall–Kier alpha value is -3.13. The fourth-order valence-electron chi connectivity index (χ4n) is 4.59. The molecule has 1 aromatic carbocycles. The first-order chi connectivity index (χ1) is 15.4. The molecule has 0 spiro atoms. The second-order valence-electron chi connectivity index (χ2n) is 7.97. The van der Waals surface area contributed by atoms with Crippen LogP contribution in [0.3, 0.4) is 0 Å². The van der Waals surface area contributed by atoms with Crippen molar-refractivity contribution in [2.45, 2.75) is 25.6 Å². The van der Waals surface area contributed by atoms with Gasteiger partial charge in [0.25, 0.3) is 5.56 Å². The van der Waals surface area contributed by atoms with Gasteiger partial charge >= 0.3 is 5.69 Å². The van der Waals surface area contributed by atoms with Crippen molar-refractivity contribution in [3.8, 4) is 17.0 Å². The molecule has 1 atom stereocenters. The van der Waals surface area contributed by atoms with Crippen LogP contribution >= 0.6 is 11.8 Å². The van der Waals surface area contributed by atoms with Gasteiger partial charge < -0.3 is 13.7 Å². The minimum atomic E-state index is -0.338. The number of aromatic nitrogens is 3. The van der Waals surface area contributed by atoms with Crippen molar-refractivity contribution in [2.24, 2.45) is 14.1 Å². The van der Waals surface area contributed by atoms with E-state index < -0.39 is 0 Å². The normalized spacial score (nSPS) is 15.8. The molecule has 3 aromatic heterocycles. The Morgan fingerprint density at radius 2 is 1.97 bits per heavy atom. The number of hydrogen-bond donors (Lipinski definition) is 0. The number of furan rings is 1. The van der Waals surface area contributed by atoms with Gasteiger partial charge in [-0.3, -0.25) is 13.9 Å². The maximum Gasteiger partial charge on any atom is 0.331 e. The van der Waals surface area contributed by atoms with Gasteiger partial charge in [0.05, 0.1) is 28.9 Å². The highest BCUT2D eigenvalue weighted by Crippen LogP contribution is 2.46. The van der Waals surface area contributed by atoms with Crippen molar-refractivity contribution in [1.82, 2.24) is 13.7 Å². The van der Waals surface area contributed by atoms with E-state index in [2.05, 4.69) is 4.57 Å². The van der Waals surface area contributed by atoms with Gasteiger partial charge in [-0.1, -0.05) is 12.1 Å². The smallest absolute Gasteiger partial charge is 0.331 e. The van der Waals surface area contributed by atoms with Crippen LogP contribution in [0.2, 0.25) is 0 Å². The van der Waals surface area contributed by atoms with Gasteiger partial charge in [0.15, 0.2) is 0 Å². The van der Waals surface area contributed by atoms with Crippen molar-refractivity contribution >= 4 is 22.7 Å². The molecule has 5 rings (SSSR count). The maximum absolute atomic E-state index is 13.4. The molecule has 0 bridgehead atoms. The van der Waals surface area contributed by atoms with E-state index >= 15 is 0 Å². The van der Waals surface area contributed by atoms with Gasteiger partial charge in [0.1, 0.15) is 22.5 Å². The summed E-state index contributed by atoms with van der Waals surface area (Å²) in [6.45, 7) is 5.16. The zero-order valence-electron chi connectivity index (χ0n) is 18.5. The van der Waals surface area contributed by atoms with Gasteiger partial charge in [-0.25, -0.2) is 4.79 Å². The van der Waals surface area contributed by atoms with Crippen LogP contribution in [0.5, 0.6) is 5.75 Å². The number of nitrogens with zero attached hydrogens (tertiary/aromatic N) is 3. The molecule has 0 saturated carbocycles. The van der Waals surface area contributed by atoms with E-state index in [9.17, 15) is 9.59 Å². The molecule has 32 heavy (non-hydrogen) atoms. The second kappa shape index (κ2) is 7.78. The van der Waals surface area contributed by atoms with Gasteiger partial charge in [0.2, 0.25) is 0 Å². The molecule has 4 heterocycles. The second-order valence-corrected chi connectivity index (χ2v) is 9.19. The van der Waals surface area contributed by atoms with E-state index in [1.807, 2.05) is 50.2 Å². The molecule has 0 amide bonds. The molecular formula is C24H25N3O4S. The molecule has 0 radical (unpaired) electrons. The van der Waals surface area contributed by atoms with Crippen LogP contribution in [0, 0.1) is 6.92 Å². The molecule has 166 valence electrons. The summed E-state index contributed by atoms with van der Waals surface area (Å²) in [7, 11) is 3.26. The van der Waals surface area contributed by atoms with Gasteiger partial charge in [-0.2, -0.15) is 0 Å². The van der Waals surface area contributed by atoms with Crippen LogP contribution in [0.25, 0.3) is 22.2 Å². The Morgan fingerprint density at radius 1 is 1.16 bits per heavy atom. The lowest BCUT2D eigenvalue weighted by Gasteiger charge is -2.25. The summed E-state index contributed by atoms with van der Waals surface area (Å²) >= 11 is 1.77. The third-order valence-electron chi connectivity index (χ3n) is 5.99. The zero-order chi connectivity index (χ0) is 22.6. The number of benzene rings is 1. The average molecular weight is 452 g/mol. The van der Waals surface area contributed by atoms with Crippen LogP contribution in [0.4, 0.5) is 0 Å². The fraction of sp³-hybridized carbons (Fsp3) is 0.333. The first-order valence-corrected chi connectivity index (χ1v) is 11.7. The Bertz CT molecular complexity index is 1460. The number of fused-ring (bicyclic) bond motifs is 3. The summed E-state index contributed by atoms with van der Waals surface area (Å²) in [5.74, 6) is 3.28. The van der Waals surface area contributed by atoms with E-state index in [1.165, 1.54) is 11.6 Å². The predicted octanol–water partition coefficient (Wildman–Crippen LogP) is 3.84. The third kappa shape index (κ3) is 3.04. The van der Waals surface area contributed by atoms with Crippen LogP contribution in [-0.4, -0.2) is 26.1 Å². The molecule has 0 aliphatic carbocycles. The SMILES string of the molecule is CCOc1cccc(-c2c3c(=O)n(C)c(=O)n(C)c3c3n2CCSC3c2ccc(C)o2)c1. The number of ether oxygens (including phenoxy) is 1. The summed E-state index contributed by atoms with van der Waals surface area (Å²) in [6.07, 6.45) is 0. The third-order valence-corrected chi connectivity index (χ3v) is 7.20. The fourth-order valence-corrected chi connectivity index (χ4v) is 5.80. The summed E-state index contributed by atoms with van der Waals surface area (Å²) in [6, 6.07) is 11.7. The van der Waals surface area contributed by atoms with Gasteiger partial charge in [-0.15, -0.1) is 11.8 Å². The largest absolute Gasteiger partial charge is 0.494 e. The van der Waals surface area contributed by atoms with Crippen LogP contribution < -0.4 is 16.0 Å². The highest BCUT2D eigenvalue weighted by Gasteiger charge is 2.34. The molecular weight excluding hydrogens is 426 g/mol. The monoisotopic (exact) mass is 451 g/mol. The maximum atomic E-state index is 13.4. The van der Waals surface area contributed by atoms with Crippen molar-refractivity contribution < 1.29 is 9.15 Å². The summed E-state index contributed by atoms with van der Waals surface area (Å²) in [4.78, 5) is 26.3. The predicted molar refractivity (Wildman–Crippen MR) is 127 cm³/mol. The van der Waals surface area contributed by atoms with Crippen LogP contribution in [0.15, 0.2) is 50.4 Å². The first kappa shape index (κ1) is 20.8. The number of rotatable bonds is 4. The highest BCUT2D eigenvalue weighted by molar-refractivity contribution is 7.99. The highest BCUT2D eigenvalue weighted by atomic mass is 32.2. The number of aryl methyl sites for hydroxylation is 2. The molecule has 1 unspecified atom stereocenters. The van der Waals surface area contributed by atoms with Crippen LogP contribution in [0.1, 0.15) is 29.4 Å². The quantitative estimate of drug-likeness (QED) is 0.471. The standard InChI is InChI=1S/C24H25N3O4S/c1-5-30-16-8-6-7-15(13-16)19-18-20(25(3)24(29)26(4)23(18)28)21-22(32-12-11-27(19)21)17-10-9-14(2)31-17/h6-10,13,22H,5,11-12H2,1-4H3. The van der Waals surface area contributed by atoms with E-state index in [-0.39, 0.29) is 16.5 Å². The Morgan fingerprint density at radius 3 is 2.69 bits per heavy atom. The Kier molecular flexibility index (Phi) is 5.04. The topological polar surface area (TPSA) is 71.3 Å². The van der Waals surface area contributed by atoms with Gasteiger partial charge in [0, 0.05) is 32.0 Å². The molecule has 0 N–H and O–H groups in total. The summed E-state index contributed by atoms with van der Waals surface area (Å²) in [5, 5.41) is 0.440. The molecule has 0 saturated heterocycles. The summed E-state index contributed by atoms with van der Waals surface area (Å²) < 4.78 is 16.7. The average Bonchev–Trinajstić information content (AvgIpc) is 3.38. The molecule has 0 fully saturated rings. The molecule has 1 aliphatic heterocycles. The van der Waals surface area contributed by atoms with E-state index in [0.717, 1.165) is 46.5 Å². The van der Waals surface area contributed by atoms with Gasteiger partial charge in [-0.05, 0) is 38.1 Å². The first-order valence-electron chi connectivity index (χ1n) is 10.7. The lowest BCUT2D eigenvalue weighted by atomic mass is 10.1. The summed E-state index contributed by atoms with van der Waals surface area (Å²) in [5.41, 5.74) is 2.68. The van der Waals surface area contributed by atoms with E-state index in [4.69, 9.17) is 9.15 Å².